The van der Waals surface area contributed by atoms with Gasteiger partial charge in [-0.15, -0.1) is 0 Å². The summed E-state index contributed by atoms with van der Waals surface area (Å²) in [5, 5.41) is 3.51. The number of carbonyl (C=O) groups excluding carboxylic acids is 1. The summed E-state index contributed by atoms with van der Waals surface area (Å²) in [6, 6.07) is 11.5. The van der Waals surface area contributed by atoms with E-state index >= 15 is 0 Å². The number of carbonyl (C=O) groups is 1. The van der Waals surface area contributed by atoms with Crippen LogP contribution in [0.3, 0.4) is 0 Å². The molecule has 0 unspecified atom stereocenters. The second-order valence-corrected chi connectivity index (χ2v) is 8.78. The van der Waals surface area contributed by atoms with E-state index < -0.39 is 21.9 Å². The van der Waals surface area contributed by atoms with Crippen LogP contribution in [-0.4, -0.2) is 37.7 Å². The van der Waals surface area contributed by atoms with Gasteiger partial charge in [0.05, 0.1) is 10.6 Å². The Labute approximate surface area is 176 Å². The minimum absolute atomic E-state index is 0.129. The van der Waals surface area contributed by atoms with Crippen molar-refractivity contribution in [3.8, 4) is 5.69 Å². The lowest BCUT2D eigenvalue weighted by molar-refractivity contribution is -0.141. The summed E-state index contributed by atoms with van der Waals surface area (Å²) in [6.07, 6.45) is -2.82. The number of nitrogens with one attached hydrogen (secondary N) is 1. The average molecular weight is 450 g/mol. The molecule has 162 valence electrons. The van der Waals surface area contributed by atoms with Crippen LogP contribution in [0, 0.1) is 0 Å². The fourth-order valence-electron chi connectivity index (χ4n) is 3.41. The number of hydrogen-bond donors (Lipinski definition) is 1. The number of amides is 1. The lowest BCUT2D eigenvalue weighted by Crippen LogP contribution is -2.28. The molecule has 1 amide bonds. The van der Waals surface area contributed by atoms with Crippen LogP contribution in [0.5, 0.6) is 0 Å². The number of fused-ring (bicyclic) bond motifs is 1. The van der Waals surface area contributed by atoms with Crippen molar-refractivity contribution in [3.63, 3.8) is 0 Å². The van der Waals surface area contributed by atoms with Crippen LogP contribution in [0.25, 0.3) is 5.69 Å². The molecule has 2 aromatic carbocycles. The highest BCUT2D eigenvalue weighted by Crippen LogP contribution is 2.32. The molecular weight excluding hydrogens is 433 g/mol. The van der Waals surface area contributed by atoms with Gasteiger partial charge in [0.1, 0.15) is 0 Å². The third kappa shape index (κ3) is 3.93. The molecule has 2 heterocycles. The van der Waals surface area contributed by atoms with E-state index in [1.54, 1.807) is 17.0 Å². The Morgan fingerprint density at radius 3 is 2.42 bits per heavy atom. The molecule has 0 fully saturated rings. The van der Waals surface area contributed by atoms with E-state index in [4.69, 9.17) is 0 Å². The molecule has 0 spiro atoms. The maximum absolute atomic E-state index is 13.0. The number of anilines is 1. The predicted octanol–water partition coefficient (Wildman–Crippen LogP) is 3.00. The smallest absolute Gasteiger partial charge is 0.308 e. The summed E-state index contributed by atoms with van der Waals surface area (Å²) in [5.41, 5.74) is 1.12. The highest BCUT2D eigenvalue weighted by Gasteiger charge is 2.33. The quantitative estimate of drug-likeness (QED) is 0.663. The first-order chi connectivity index (χ1) is 14.6. The minimum Gasteiger partial charge on any atom is -0.308 e. The van der Waals surface area contributed by atoms with Gasteiger partial charge in [0.25, 0.3) is 5.91 Å². The Bertz CT molecular complexity index is 1250. The first-order valence-corrected chi connectivity index (χ1v) is 10.7. The zero-order valence-electron chi connectivity index (χ0n) is 16.2. The van der Waals surface area contributed by atoms with Crippen LogP contribution in [0.15, 0.2) is 59.6 Å². The van der Waals surface area contributed by atoms with Crippen molar-refractivity contribution in [1.82, 2.24) is 14.5 Å². The average Bonchev–Trinajstić information content (AvgIpc) is 3.40. The Balaban J connectivity index is 1.56. The van der Waals surface area contributed by atoms with E-state index in [-0.39, 0.29) is 10.8 Å². The largest absolute Gasteiger partial charge is 0.435 e. The van der Waals surface area contributed by atoms with Crippen molar-refractivity contribution in [3.05, 3.63) is 71.5 Å². The van der Waals surface area contributed by atoms with E-state index in [1.807, 2.05) is 0 Å². The molecule has 7 nitrogen and oxygen atoms in total. The van der Waals surface area contributed by atoms with Gasteiger partial charge in [-0.2, -0.15) is 18.3 Å². The number of aromatic nitrogens is 2. The Morgan fingerprint density at radius 2 is 1.81 bits per heavy atom. The number of rotatable bonds is 4. The number of hydrogen-bond acceptors (Lipinski definition) is 4. The molecule has 1 N–H and O–H groups in total. The van der Waals surface area contributed by atoms with Crippen molar-refractivity contribution in [2.45, 2.75) is 17.5 Å². The van der Waals surface area contributed by atoms with Crippen molar-refractivity contribution in [1.29, 1.82) is 0 Å². The second kappa shape index (κ2) is 7.50. The summed E-state index contributed by atoms with van der Waals surface area (Å²) < 4.78 is 65.5. The molecule has 4 rings (SSSR count). The van der Waals surface area contributed by atoms with Crippen molar-refractivity contribution in [2.75, 3.05) is 18.5 Å². The van der Waals surface area contributed by atoms with Crippen LogP contribution in [0.4, 0.5) is 18.9 Å². The number of alkyl halides is 3. The summed E-state index contributed by atoms with van der Waals surface area (Å²) in [6.45, 7) is 0.396. The first-order valence-electron chi connectivity index (χ1n) is 9.22. The van der Waals surface area contributed by atoms with E-state index in [0.717, 1.165) is 16.3 Å². The first kappa shape index (κ1) is 21.1. The summed E-state index contributed by atoms with van der Waals surface area (Å²) >= 11 is 0. The third-order valence-corrected chi connectivity index (χ3v) is 6.44. The molecular formula is C20H17F3N4O3S. The van der Waals surface area contributed by atoms with Gasteiger partial charge in [-0.1, -0.05) is 0 Å². The van der Waals surface area contributed by atoms with Crippen LogP contribution >= 0.6 is 0 Å². The zero-order valence-corrected chi connectivity index (χ0v) is 17.0. The van der Waals surface area contributed by atoms with E-state index in [0.29, 0.717) is 29.9 Å². The fourth-order valence-corrected chi connectivity index (χ4v) is 4.19. The molecule has 0 aliphatic carbocycles. The number of halogens is 3. The highest BCUT2D eigenvalue weighted by molar-refractivity contribution is 7.89. The van der Waals surface area contributed by atoms with E-state index in [1.165, 1.54) is 43.6 Å². The second-order valence-electron chi connectivity index (χ2n) is 6.90. The predicted molar refractivity (Wildman–Crippen MR) is 107 cm³/mol. The maximum atomic E-state index is 13.0. The van der Waals surface area contributed by atoms with Crippen LogP contribution in [0.2, 0.25) is 0 Å². The zero-order chi connectivity index (χ0) is 22.4. The fraction of sp³-hybridized carbons (Fsp3) is 0.200. The highest BCUT2D eigenvalue weighted by atomic mass is 32.2. The lowest BCUT2D eigenvalue weighted by Gasteiger charge is -2.18. The van der Waals surface area contributed by atoms with Gasteiger partial charge in [-0.3, -0.25) is 4.79 Å². The molecule has 1 aliphatic rings. The SMILES string of the molecule is CNS(=O)(=O)c1ccc2c(c1)CCN2C(=O)c1ccc(-n2ccc(C(F)(F)F)n2)cc1. The monoisotopic (exact) mass is 450 g/mol. The molecule has 11 heteroatoms. The standard InChI is InChI=1S/C20H17F3N4O3S/c1-24-31(29,30)16-6-7-17-14(12-16)8-10-26(17)19(28)13-2-4-15(5-3-13)27-11-9-18(25-27)20(21,22)23/h2-7,9,11-12,24H,8,10H2,1H3. The Hall–Kier alpha value is -3.18. The van der Waals surface area contributed by atoms with E-state index in [9.17, 15) is 26.4 Å². The molecule has 1 aliphatic heterocycles. The summed E-state index contributed by atoms with van der Waals surface area (Å²) in [7, 11) is -2.25. The van der Waals surface area contributed by atoms with Gasteiger partial charge in [0, 0.05) is 24.0 Å². The summed E-state index contributed by atoms with van der Waals surface area (Å²) in [4.78, 5) is 14.6. The number of benzene rings is 2. The van der Waals surface area contributed by atoms with E-state index in [2.05, 4.69) is 9.82 Å². The molecule has 1 aromatic heterocycles. The molecule has 3 aromatic rings. The summed E-state index contributed by atoms with van der Waals surface area (Å²) in [5.74, 6) is -0.286. The van der Waals surface area contributed by atoms with Gasteiger partial charge in [0.2, 0.25) is 10.0 Å². The van der Waals surface area contributed by atoms with Gasteiger partial charge in [-0.25, -0.2) is 17.8 Å². The molecule has 0 saturated carbocycles. The molecule has 0 radical (unpaired) electrons. The number of nitrogens with zero attached hydrogens (tertiary/aromatic N) is 3. The molecule has 31 heavy (non-hydrogen) atoms. The van der Waals surface area contributed by atoms with Crippen molar-refractivity contribution in [2.24, 2.45) is 0 Å². The van der Waals surface area contributed by atoms with Gasteiger partial charge < -0.3 is 4.90 Å². The maximum Gasteiger partial charge on any atom is 0.435 e. The van der Waals surface area contributed by atoms with Crippen molar-refractivity contribution >= 4 is 21.6 Å². The van der Waals surface area contributed by atoms with Crippen LogP contribution in [0.1, 0.15) is 21.6 Å². The van der Waals surface area contributed by atoms with Gasteiger partial charge in [-0.05, 0) is 67.6 Å². The van der Waals surface area contributed by atoms with Gasteiger partial charge in [0.15, 0.2) is 5.69 Å². The van der Waals surface area contributed by atoms with Crippen LogP contribution in [-0.2, 0) is 22.6 Å². The van der Waals surface area contributed by atoms with Gasteiger partial charge >= 0.3 is 6.18 Å². The molecule has 0 atom stereocenters. The Kier molecular flexibility index (Phi) is 5.10. The minimum atomic E-state index is -4.53. The topological polar surface area (TPSA) is 84.3 Å². The molecule has 0 saturated heterocycles. The molecule has 0 bridgehead atoms. The third-order valence-electron chi connectivity index (χ3n) is 5.03. The van der Waals surface area contributed by atoms with Crippen molar-refractivity contribution < 1.29 is 26.4 Å². The van der Waals surface area contributed by atoms with Crippen LogP contribution < -0.4 is 9.62 Å². The lowest BCUT2D eigenvalue weighted by atomic mass is 10.1. The number of sulfonamides is 1. The Morgan fingerprint density at radius 1 is 1.10 bits per heavy atom. The normalized spacial score (nSPS) is 14.0.